The van der Waals surface area contributed by atoms with E-state index in [4.69, 9.17) is 32.7 Å². The number of carbonyl (C=O) groups is 1. The van der Waals surface area contributed by atoms with E-state index in [0.29, 0.717) is 6.61 Å². The van der Waals surface area contributed by atoms with Gasteiger partial charge in [0, 0.05) is 0 Å². The van der Waals surface area contributed by atoms with Gasteiger partial charge in [-0.1, -0.05) is 43.0 Å². The van der Waals surface area contributed by atoms with Crippen LogP contribution < -0.4 is 0 Å². The van der Waals surface area contributed by atoms with E-state index < -0.39 is 12.3 Å². The quantitative estimate of drug-likeness (QED) is 0.546. The highest BCUT2D eigenvalue weighted by Crippen LogP contribution is 2.29. The third kappa shape index (κ3) is 2.87. The Kier molecular flexibility index (Phi) is 4.72. The molecule has 0 fully saturated rings. The highest BCUT2D eigenvalue weighted by atomic mass is 35.5. The molecule has 0 amide bonds. The Morgan fingerprint density at radius 3 is 2.64 bits per heavy atom. The zero-order valence-electron chi connectivity index (χ0n) is 7.89. The summed E-state index contributed by atoms with van der Waals surface area (Å²) in [6.45, 7) is 2.62. The summed E-state index contributed by atoms with van der Waals surface area (Å²) in [7, 11) is 0. The van der Waals surface area contributed by atoms with E-state index >= 15 is 0 Å². The molecule has 1 aliphatic rings. The second-order valence-corrected chi connectivity index (χ2v) is 3.76. The number of ether oxygens (including phenoxy) is 2. The number of cyclic esters (lactones) is 1. The van der Waals surface area contributed by atoms with E-state index in [1.807, 2.05) is 0 Å². The normalized spacial score (nSPS) is 21.6. The van der Waals surface area contributed by atoms with Crippen LogP contribution in [0.15, 0.2) is 10.1 Å². The van der Waals surface area contributed by atoms with Crippen LogP contribution in [0.3, 0.4) is 0 Å². The highest BCUT2D eigenvalue weighted by molar-refractivity contribution is 6.48. The summed E-state index contributed by atoms with van der Waals surface area (Å²) in [4.78, 5) is 10.9. The van der Waals surface area contributed by atoms with Crippen molar-refractivity contribution in [1.82, 2.24) is 0 Å². The predicted octanol–water partition coefficient (Wildman–Crippen LogP) is 2.77. The lowest BCUT2D eigenvalue weighted by Crippen LogP contribution is -2.15. The van der Waals surface area contributed by atoms with E-state index in [-0.39, 0.29) is 10.1 Å². The van der Waals surface area contributed by atoms with Crippen LogP contribution >= 0.6 is 23.2 Å². The molecule has 1 atom stereocenters. The smallest absolute Gasteiger partial charge is 0.353 e. The summed E-state index contributed by atoms with van der Waals surface area (Å²) in [6, 6.07) is 0. The van der Waals surface area contributed by atoms with Crippen molar-refractivity contribution < 1.29 is 14.3 Å². The standard InChI is InChI=1S/C9H12Cl2O3/c1-2-3-4-5-13-9-7(11)6(10)8(12)14-9/h9H,2-5H2,1H3/t9-/m1/s1. The molecule has 0 radical (unpaired) electrons. The summed E-state index contributed by atoms with van der Waals surface area (Å²) in [6.07, 6.45) is 2.31. The molecule has 80 valence electrons. The Labute approximate surface area is 93.0 Å². The van der Waals surface area contributed by atoms with Crippen LogP contribution in [-0.2, 0) is 14.3 Å². The van der Waals surface area contributed by atoms with Gasteiger partial charge in [-0.15, -0.1) is 0 Å². The first-order chi connectivity index (χ1) is 6.66. The fraction of sp³-hybridized carbons (Fsp3) is 0.667. The summed E-state index contributed by atoms with van der Waals surface area (Å²) in [5.74, 6) is -0.614. The van der Waals surface area contributed by atoms with Gasteiger partial charge in [0.15, 0.2) is 0 Å². The van der Waals surface area contributed by atoms with Crippen LogP contribution in [0.2, 0.25) is 0 Å². The minimum Gasteiger partial charge on any atom is -0.426 e. The molecule has 0 aromatic heterocycles. The van der Waals surface area contributed by atoms with Crippen LogP contribution in [0.4, 0.5) is 0 Å². The topological polar surface area (TPSA) is 35.5 Å². The van der Waals surface area contributed by atoms with Crippen LogP contribution in [0, 0.1) is 0 Å². The van der Waals surface area contributed by atoms with E-state index in [0.717, 1.165) is 19.3 Å². The van der Waals surface area contributed by atoms with Gasteiger partial charge in [0.25, 0.3) is 0 Å². The Hall–Kier alpha value is -0.250. The zero-order valence-corrected chi connectivity index (χ0v) is 9.40. The first kappa shape index (κ1) is 11.8. The molecule has 1 aliphatic heterocycles. The molecule has 0 unspecified atom stereocenters. The number of hydrogen-bond acceptors (Lipinski definition) is 3. The fourth-order valence-electron chi connectivity index (χ4n) is 1.05. The number of esters is 1. The lowest BCUT2D eigenvalue weighted by atomic mass is 10.3. The zero-order chi connectivity index (χ0) is 10.6. The Bertz CT molecular complexity index is 250. The number of hydrogen-bond donors (Lipinski definition) is 0. The van der Waals surface area contributed by atoms with Gasteiger partial charge in [-0.2, -0.15) is 0 Å². The Morgan fingerprint density at radius 1 is 1.43 bits per heavy atom. The molecule has 1 rings (SSSR count). The van der Waals surface area contributed by atoms with Crippen LogP contribution in [0.1, 0.15) is 26.2 Å². The van der Waals surface area contributed by atoms with E-state index in [2.05, 4.69) is 6.92 Å². The molecule has 0 N–H and O–H groups in total. The molecule has 0 spiro atoms. The predicted molar refractivity (Wildman–Crippen MR) is 54.1 cm³/mol. The minimum absolute atomic E-state index is 0.0767. The molecule has 5 heteroatoms. The van der Waals surface area contributed by atoms with Crippen molar-refractivity contribution in [3.8, 4) is 0 Å². The molecule has 0 aliphatic carbocycles. The van der Waals surface area contributed by atoms with Gasteiger partial charge in [-0.25, -0.2) is 4.79 Å². The Morgan fingerprint density at radius 2 is 2.14 bits per heavy atom. The van der Waals surface area contributed by atoms with Crippen LogP contribution in [-0.4, -0.2) is 18.9 Å². The number of halogens is 2. The SMILES string of the molecule is CCCCCO[C@@H]1OC(=O)C(Cl)=C1Cl. The van der Waals surface area contributed by atoms with Crippen molar-refractivity contribution >= 4 is 29.2 Å². The maximum Gasteiger partial charge on any atom is 0.353 e. The minimum atomic E-state index is -0.798. The molecule has 14 heavy (non-hydrogen) atoms. The maximum absolute atomic E-state index is 10.9. The molecule has 0 bridgehead atoms. The van der Waals surface area contributed by atoms with Crippen molar-refractivity contribution in [3.05, 3.63) is 10.1 Å². The van der Waals surface area contributed by atoms with Crippen LogP contribution in [0.5, 0.6) is 0 Å². The average molecular weight is 239 g/mol. The van der Waals surface area contributed by atoms with Crippen molar-refractivity contribution in [2.75, 3.05) is 6.61 Å². The monoisotopic (exact) mass is 238 g/mol. The molecule has 3 nitrogen and oxygen atoms in total. The lowest BCUT2D eigenvalue weighted by Gasteiger charge is -2.10. The maximum atomic E-state index is 10.9. The van der Waals surface area contributed by atoms with Gasteiger partial charge in [-0.05, 0) is 6.42 Å². The van der Waals surface area contributed by atoms with E-state index in [1.54, 1.807) is 0 Å². The molecule has 1 heterocycles. The third-order valence-corrected chi connectivity index (χ3v) is 2.65. The second-order valence-electron chi connectivity index (χ2n) is 2.98. The average Bonchev–Trinajstić information content (AvgIpc) is 2.41. The molecule has 0 saturated heterocycles. The highest BCUT2D eigenvalue weighted by Gasteiger charge is 2.32. The van der Waals surface area contributed by atoms with Crippen molar-refractivity contribution in [1.29, 1.82) is 0 Å². The molecular weight excluding hydrogens is 227 g/mol. The number of carbonyl (C=O) groups excluding carboxylic acids is 1. The largest absolute Gasteiger partial charge is 0.426 e. The first-order valence-corrected chi connectivity index (χ1v) is 5.30. The Balaban J connectivity index is 2.30. The second kappa shape index (κ2) is 5.59. The molecule has 0 aromatic rings. The van der Waals surface area contributed by atoms with Gasteiger partial charge in [-0.3, -0.25) is 0 Å². The number of unbranched alkanes of at least 4 members (excludes halogenated alkanes) is 2. The van der Waals surface area contributed by atoms with Gasteiger partial charge in [0.05, 0.1) is 6.61 Å². The number of rotatable bonds is 5. The van der Waals surface area contributed by atoms with Crippen LogP contribution in [0.25, 0.3) is 0 Å². The summed E-state index contributed by atoms with van der Waals surface area (Å²) in [5.41, 5.74) is 0. The molecule has 0 saturated carbocycles. The summed E-state index contributed by atoms with van der Waals surface area (Å²) >= 11 is 11.3. The van der Waals surface area contributed by atoms with E-state index in [9.17, 15) is 4.79 Å². The third-order valence-electron chi connectivity index (χ3n) is 1.83. The first-order valence-electron chi connectivity index (χ1n) is 4.54. The van der Waals surface area contributed by atoms with E-state index in [1.165, 1.54) is 0 Å². The van der Waals surface area contributed by atoms with Crippen molar-refractivity contribution in [2.45, 2.75) is 32.5 Å². The van der Waals surface area contributed by atoms with Crippen molar-refractivity contribution in [3.63, 3.8) is 0 Å². The fourth-order valence-corrected chi connectivity index (χ4v) is 1.37. The van der Waals surface area contributed by atoms with Gasteiger partial charge >= 0.3 is 5.97 Å². The summed E-state index contributed by atoms with van der Waals surface area (Å²) in [5, 5.41) is 0.0697. The van der Waals surface area contributed by atoms with Crippen molar-refractivity contribution in [2.24, 2.45) is 0 Å². The van der Waals surface area contributed by atoms with Gasteiger partial charge in [0.1, 0.15) is 10.1 Å². The van der Waals surface area contributed by atoms with Gasteiger partial charge in [0.2, 0.25) is 6.29 Å². The molecule has 0 aromatic carbocycles. The summed E-state index contributed by atoms with van der Waals surface area (Å²) < 4.78 is 10.0. The molecular formula is C9H12Cl2O3. The lowest BCUT2D eigenvalue weighted by molar-refractivity contribution is -0.158. The van der Waals surface area contributed by atoms with Gasteiger partial charge < -0.3 is 9.47 Å².